The van der Waals surface area contributed by atoms with Crippen molar-refractivity contribution in [3.63, 3.8) is 0 Å². The van der Waals surface area contributed by atoms with E-state index in [9.17, 15) is 4.79 Å². The van der Waals surface area contributed by atoms with Gasteiger partial charge in [-0.3, -0.25) is 9.36 Å². The number of methoxy groups -OCH3 is 1. The van der Waals surface area contributed by atoms with Gasteiger partial charge in [0.2, 0.25) is 5.91 Å². The lowest BCUT2D eigenvalue weighted by atomic mass is 10.1. The van der Waals surface area contributed by atoms with Crippen LogP contribution in [0, 0.1) is 13.8 Å². The van der Waals surface area contributed by atoms with Crippen molar-refractivity contribution in [2.24, 2.45) is 0 Å². The van der Waals surface area contributed by atoms with Crippen molar-refractivity contribution in [1.82, 2.24) is 19.7 Å². The zero-order valence-electron chi connectivity index (χ0n) is 19.2. The van der Waals surface area contributed by atoms with Gasteiger partial charge in [0.25, 0.3) is 0 Å². The molecule has 2 aromatic carbocycles. The molecule has 7 nitrogen and oxygen atoms in total. The van der Waals surface area contributed by atoms with E-state index in [2.05, 4.69) is 53.1 Å². The van der Waals surface area contributed by atoms with Gasteiger partial charge >= 0.3 is 0 Å². The van der Waals surface area contributed by atoms with Crippen molar-refractivity contribution in [3.05, 3.63) is 71.6 Å². The third-order valence-electron chi connectivity index (χ3n) is 5.26. The maximum Gasteiger partial charge on any atom is 0.236 e. The average molecular weight is 492 g/mol. The normalized spacial score (nSPS) is 10.8. The number of aryl methyl sites for hydroxylation is 2. The molecule has 0 aliphatic rings. The summed E-state index contributed by atoms with van der Waals surface area (Å²) in [5.41, 5.74) is 5.26. The second-order valence-electron chi connectivity index (χ2n) is 7.61. The Morgan fingerprint density at radius 1 is 1.15 bits per heavy atom. The SMILES string of the molecule is C=CCn1c(SCC(=O)Nc2nc(-c3ccc(C)c(C)c3)cs2)nnc1-c1ccc(OC)cc1. The molecule has 0 aliphatic heterocycles. The number of allylic oxidation sites excluding steroid dienone is 1. The highest BCUT2D eigenvalue weighted by molar-refractivity contribution is 7.99. The monoisotopic (exact) mass is 491 g/mol. The fourth-order valence-corrected chi connectivity index (χ4v) is 4.78. The Balaban J connectivity index is 1.42. The second-order valence-corrected chi connectivity index (χ2v) is 9.41. The Bertz CT molecular complexity index is 1310. The lowest BCUT2D eigenvalue weighted by Crippen LogP contribution is -2.14. The van der Waals surface area contributed by atoms with Crippen LogP contribution in [0.2, 0.25) is 0 Å². The number of nitrogens with zero attached hydrogens (tertiary/aromatic N) is 4. The molecule has 4 rings (SSSR count). The first-order valence-corrected chi connectivity index (χ1v) is 12.5. The molecule has 1 amide bonds. The number of nitrogens with one attached hydrogen (secondary N) is 1. The zero-order chi connectivity index (χ0) is 24.1. The summed E-state index contributed by atoms with van der Waals surface area (Å²) in [7, 11) is 1.63. The zero-order valence-corrected chi connectivity index (χ0v) is 20.9. The summed E-state index contributed by atoms with van der Waals surface area (Å²) in [5, 5.41) is 14.7. The second kappa shape index (κ2) is 10.7. The summed E-state index contributed by atoms with van der Waals surface area (Å²) in [4.78, 5) is 17.2. The van der Waals surface area contributed by atoms with E-state index < -0.39 is 0 Å². The van der Waals surface area contributed by atoms with Crippen LogP contribution in [0.4, 0.5) is 5.13 Å². The number of carbonyl (C=O) groups is 1. The number of carbonyl (C=O) groups excluding carboxylic acids is 1. The van der Waals surface area contributed by atoms with Crippen molar-refractivity contribution in [2.45, 2.75) is 25.5 Å². The topological polar surface area (TPSA) is 81.9 Å². The molecule has 0 radical (unpaired) electrons. The highest BCUT2D eigenvalue weighted by atomic mass is 32.2. The molecule has 0 aliphatic carbocycles. The van der Waals surface area contributed by atoms with Gasteiger partial charge in [0.1, 0.15) is 5.75 Å². The molecule has 0 saturated heterocycles. The van der Waals surface area contributed by atoms with E-state index in [-0.39, 0.29) is 11.7 Å². The highest BCUT2D eigenvalue weighted by Crippen LogP contribution is 2.28. The lowest BCUT2D eigenvalue weighted by molar-refractivity contribution is -0.113. The summed E-state index contributed by atoms with van der Waals surface area (Å²) < 4.78 is 7.16. The summed E-state index contributed by atoms with van der Waals surface area (Å²) in [6.45, 7) is 8.53. The average Bonchev–Trinajstić information content (AvgIpc) is 3.47. The Labute approximate surface area is 206 Å². The quantitative estimate of drug-likeness (QED) is 0.242. The van der Waals surface area contributed by atoms with E-state index in [1.807, 2.05) is 40.3 Å². The van der Waals surface area contributed by atoms with E-state index in [0.29, 0.717) is 22.7 Å². The van der Waals surface area contributed by atoms with Gasteiger partial charge in [0, 0.05) is 23.1 Å². The largest absolute Gasteiger partial charge is 0.497 e. The Kier molecular flexibility index (Phi) is 7.44. The lowest BCUT2D eigenvalue weighted by Gasteiger charge is -2.08. The van der Waals surface area contributed by atoms with Crippen LogP contribution in [-0.2, 0) is 11.3 Å². The Morgan fingerprint density at radius 3 is 2.62 bits per heavy atom. The molecule has 2 heterocycles. The predicted molar refractivity (Wildman–Crippen MR) is 139 cm³/mol. The first kappa shape index (κ1) is 23.7. The summed E-state index contributed by atoms with van der Waals surface area (Å²) in [6.07, 6.45) is 1.78. The minimum absolute atomic E-state index is 0.148. The molecule has 34 heavy (non-hydrogen) atoms. The van der Waals surface area contributed by atoms with Gasteiger partial charge in [-0.1, -0.05) is 30.0 Å². The number of amides is 1. The van der Waals surface area contributed by atoms with Crippen molar-refractivity contribution >= 4 is 34.1 Å². The number of hydrogen-bond donors (Lipinski definition) is 1. The van der Waals surface area contributed by atoms with Gasteiger partial charge < -0.3 is 10.1 Å². The minimum Gasteiger partial charge on any atom is -0.497 e. The van der Waals surface area contributed by atoms with Crippen LogP contribution in [-0.4, -0.2) is 38.5 Å². The number of ether oxygens (including phenoxy) is 1. The van der Waals surface area contributed by atoms with Gasteiger partial charge in [-0.25, -0.2) is 4.98 Å². The maximum atomic E-state index is 12.6. The molecule has 2 aromatic heterocycles. The number of aromatic nitrogens is 4. The van der Waals surface area contributed by atoms with Crippen LogP contribution < -0.4 is 10.1 Å². The molecule has 0 bridgehead atoms. The number of hydrogen-bond acceptors (Lipinski definition) is 7. The van der Waals surface area contributed by atoms with Crippen LogP contribution >= 0.6 is 23.1 Å². The van der Waals surface area contributed by atoms with Crippen molar-refractivity contribution in [2.75, 3.05) is 18.2 Å². The molecule has 4 aromatic rings. The first-order valence-electron chi connectivity index (χ1n) is 10.6. The number of thiazole rings is 1. The molecule has 0 atom stereocenters. The maximum absolute atomic E-state index is 12.6. The predicted octanol–water partition coefficient (Wildman–Crippen LogP) is 5.61. The summed E-state index contributed by atoms with van der Waals surface area (Å²) in [6, 6.07) is 13.9. The van der Waals surface area contributed by atoms with E-state index in [1.54, 1.807) is 13.2 Å². The van der Waals surface area contributed by atoms with Crippen LogP contribution in [0.1, 0.15) is 11.1 Å². The van der Waals surface area contributed by atoms with Crippen molar-refractivity contribution in [3.8, 4) is 28.4 Å². The Morgan fingerprint density at radius 2 is 1.91 bits per heavy atom. The van der Waals surface area contributed by atoms with E-state index in [1.165, 1.54) is 34.2 Å². The van der Waals surface area contributed by atoms with Crippen molar-refractivity contribution < 1.29 is 9.53 Å². The standard InChI is InChI=1S/C25H25N5O2S2/c1-5-12-30-23(18-8-10-20(32-4)11-9-18)28-29-25(30)34-15-22(31)27-24-26-21(14-33-24)19-7-6-16(2)17(3)13-19/h5-11,13-14H,1,12,15H2,2-4H3,(H,26,27,31). The van der Waals surface area contributed by atoms with E-state index in [4.69, 9.17) is 4.74 Å². The molecule has 0 fully saturated rings. The number of benzene rings is 2. The third kappa shape index (κ3) is 5.37. The van der Waals surface area contributed by atoms with Crippen LogP contribution in [0.3, 0.4) is 0 Å². The van der Waals surface area contributed by atoms with Gasteiger partial charge in [0.05, 0.1) is 18.6 Å². The van der Waals surface area contributed by atoms with E-state index >= 15 is 0 Å². The minimum atomic E-state index is -0.148. The summed E-state index contributed by atoms with van der Waals surface area (Å²) in [5.74, 6) is 1.53. The fraction of sp³-hybridized carbons (Fsp3) is 0.200. The summed E-state index contributed by atoms with van der Waals surface area (Å²) >= 11 is 2.74. The molecular formula is C25H25N5O2S2. The van der Waals surface area contributed by atoms with Gasteiger partial charge in [0.15, 0.2) is 16.1 Å². The molecule has 0 saturated carbocycles. The number of thioether (sulfide) groups is 1. The molecule has 9 heteroatoms. The fourth-order valence-electron chi connectivity index (χ4n) is 3.29. The smallest absolute Gasteiger partial charge is 0.236 e. The number of rotatable bonds is 9. The van der Waals surface area contributed by atoms with Gasteiger partial charge in [-0.05, 0) is 55.3 Å². The number of anilines is 1. The Hall–Kier alpha value is -3.43. The van der Waals surface area contributed by atoms with Crippen molar-refractivity contribution in [1.29, 1.82) is 0 Å². The van der Waals surface area contributed by atoms with Gasteiger partial charge in [-0.15, -0.1) is 28.1 Å². The van der Waals surface area contributed by atoms with Crippen LogP contribution in [0.15, 0.2) is 65.7 Å². The highest BCUT2D eigenvalue weighted by Gasteiger charge is 2.16. The van der Waals surface area contributed by atoms with Crippen LogP contribution in [0.5, 0.6) is 5.75 Å². The first-order chi connectivity index (χ1) is 16.5. The molecular weight excluding hydrogens is 466 g/mol. The van der Waals surface area contributed by atoms with E-state index in [0.717, 1.165) is 22.6 Å². The molecule has 174 valence electrons. The molecule has 0 spiro atoms. The van der Waals surface area contributed by atoms with Crippen LogP contribution in [0.25, 0.3) is 22.6 Å². The molecule has 0 unspecified atom stereocenters. The third-order valence-corrected chi connectivity index (χ3v) is 6.99. The molecule has 1 N–H and O–H groups in total. The van der Waals surface area contributed by atoms with Gasteiger partial charge in [-0.2, -0.15) is 0 Å².